The van der Waals surface area contributed by atoms with E-state index in [9.17, 15) is 19.2 Å². The topological polar surface area (TPSA) is 80.8 Å². The summed E-state index contributed by atoms with van der Waals surface area (Å²) in [4.78, 5) is 55.9. The lowest BCUT2D eigenvalue weighted by Gasteiger charge is -2.26. The summed E-state index contributed by atoms with van der Waals surface area (Å²) in [6.07, 6.45) is 2.40. The smallest absolute Gasteiger partial charge is 0.241 e. The monoisotopic (exact) mass is 517 g/mol. The second kappa shape index (κ2) is 8.23. The van der Waals surface area contributed by atoms with E-state index in [4.69, 9.17) is 27.9 Å². The first-order valence-corrected chi connectivity index (χ1v) is 12.0. The molecule has 1 spiro atoms. The Kier molecular flexibility index (Phi) is 5.23. The quantitative estimate of drug-likeness (QED) is 0.359. The Morgan fingerprint density at radius 1 is 0.778 bits per heavy atom. The fraction of sp³-hybridized carbons (Fsp3) is 0.143. The van der Waals surface area contributed by atoms with E-state index in [2.05, 4.69) is 0 Å². The van der Waals surface area contributed by atoms with Crippen molar-refractivity contribution in [1.29, 1.82) is 0 Å². The van der Waals surface area contributed by atoms with E-state index in [1.165, 1.54) is 30.3 Å². The van der Waals surface area contributed by atoms with Crippen LogP contribution in [0.3, 0.4) is 0 Å². The molecule has 2 saturated heterocycles. The summed E-state index contributed by atoms with van der Waals surface area (Å²) in [6, 6.07) is 20.1. The van der Waals surface area contributed by atoms with Crippen molar-refractivity contribution in [3.63, 3.8) is 0 Å². The van der Waals surface area contributed by atoms with Crippen LogP contribution in [0.5, 0.6) is 0 Å². The molecule has 0 radical (unpaired) electrons. The molecule has 8 heteroatoms. The second-order valence-corrected chi connectivity index (χ2v) is 9.72. The predicted molar refractivity (Wildman–Crippen MR) is 134 cm³/mol. The number of anilines is 1. The highest BCUT2D eigenvalue weighted by atomic mass is 35.5. The average Bonchev–Trinajstić information content (AvgIpc) is 3.45. The number of hydrogen-bond donors (Lipinski definition) is 0. The van der Waals surface area contributed by atoms with Gasteiger partial charge in [0.15, 0.2) is 0 Å². The Hall–Kier alpha value is -3.58. The first-order valence-electron chi connectivity index (χ1n) is 11.3. The molecule has 2 aliphatic heterocycles. The molecule has 2 heterocycles. The molecular weight excluding hydrogens is 501 g/mol. The van der Waals surface area contributed by atoms with E-state index in [0.29, 0.717) is 0 Å². The number of ketones is 2. The number of halogens is 2. The van der Waals surface area contributed by atoms with Gasteiger partial charge >= 0.3 is 0 Å². The molecule has 0 N–H and O–H groups in total. The average molecular weight is 518 g/mol. The van der Waals surface area contributed by atoms with Crippen molar-refractivity contribution in [2.75, 3.05) is 4.90 Å². The molecule has 2 amide bonds. The van der Waals surface area contributed by atoms with Crippen LogP contribution in [0, 0.1) is 11.8 Å². The minimum atomic E-state index is -2.11. The zero-order chi connectivity index (χ0) is 25.2. The highest BCUT2D eigenvalue weighted by Gasteiger charge is 2.74. The molecule has 1 aliphatic carbocycles. The number of carbonyl (C=O) groups excluding carboxylic acids is 4. The SMILES string of the molecule is O=C1[C@H]2[C@@H](/C=C/c3ccccc3)OC3(C(=O)c4ccccc4C3=O)[C@H]2C(=O)N1c1ccc(Cl)c(Cl)c1. The molecule has 0 unspecified atom stereocenters. The van der Waals surface area contributed by atoms with Crippen LogP contribution in [0.1, 0.15) is 26.3 Å². The number of carbonyl (C=O) groups is 4. The van der Waals surface area contributed by atoms with Crippen LogP contribution in [0.2, 0.25) is 10.0 Å². The van der Waals surface area contributed by atoms with Gasteiger partial charge in [-0.1, -0.05) is 90.0 Å². The first-order chi connectivity index (χ1) is 17.3. The molecular formula is C28H17Cl2NO5. The van der Waals surface area contributed by atoms with Crippen molar-refractivity contribution in [2.45, 2.75) is 11.7 Å². The number of hydrogen-bond acceptors (Lipinski definition) is 5. The second-order valence-electron chi connectivity index (χ2n) is 8.91. The lowest BCUT2D eigenvalue weighted by atomic mass is 9.78. The molecule has 3 aromatic carbocycles. The van der Waals surface area contributed by atoms with Gasteiger partial charge in [0.2, 0.25) is 29.0 Å². The third-order valence-corrected chi connectivity index (χ3v) is 7.73. The highest BCUT2D eigenvalue weighted by Crippen LogP contribution is 2.53. The van der Waals surface area contributed by atoms with Crippen molar-refractivity contribution in [3.8, 4) is 0 Å². The van der Waals surface area contributed by atoms with E-state index in [1.807, 2.05) is 30.3 Å². The van der Waals surface area contributed by atoms with E-state index in [1.54, 1.807) is 24.3 Å². The van der Waals surface area contributed by atoms with Crippen molar-refractivity contribution in [2.24, 2.45) is 11.8 Å². The molecule has 2 fully saturated rings. The van der Waals surface area contributed by atoms with E-state index < -0.39 is 46.9 Å². The van der Waals surface area contributed by atoms with Gasteiger partial charge in [-0.25, -0.2) is 4.90 Å². The molecule has 3 aliphatic rings. The van der Waals surface area contributed by atoms with Crippen LogP contribution in [0.25, 0.3) is 6.08 Å². The summed E-state index contributed by atoms with van der Waals surface area (Å²) in [7, 11) is 0. The van der Waals surface area contributed by atoms with E-state index in [0.717, 1.165) is 10.5 Å². The minimum Gasteiger partial charge on any atom is -0.350 e. The summed E-state index contributed by atoms with van der Waals surface area (Å²) in [6.45, 7) is 0. The fourth-order valence-electron chi connectivity index (χ4n) is 5.39. The predicted octanol–water partition coefficient (Wildman–Crippen LogP) is 5.03. The van der Waals surface area contributed by atoms with Crippen LogP contribution < -0.4 is 4.90 Å². The fourth-order valence-corrected chi connectivity index (χ4v) is 5.68. The van der Waals surface area contributed by atoms with Crippen LogP contribution in [-0.2, 0) is 14.3 Å². The minimum absolute atomic E-state index is 0.165. The van der Waals surface area contributed by atoms with Crippen molar-refractivity contribution >= 4 is 58.3 Å². The number of Topliss-reactive ketones (excluding diaryl/α,β-unsaturated/α-hetero) is 2. The lowest BCUT2D eigenvalue weighted by molar-refractivity contribution is -0.126. The van der Waals surface area contributed by atoms with Gasteiger partial charge in [0.1, 0.15) is 0 Å². The Morgan fingerprint density at radius 3 is 2.06 bits per heavy atom. The van der Waals surface area contributed by atoms with Gasteiger partial charge in [-0.2, -0.15) is 0 Å². The van der Waals surface area contributed by atoms with Gasteiger partial charge in [-0.05, 0) is 23.8 Å². The van der Waals surface area contributed by atoms with Crippen LogP contribution >= 0.6 is 23.2 Å². The summed E-state index contributed by atoms with van der Waals surface area (Å²) in [5.41, 5.74) is -0.698. The third kappa shape index (κ3) is 3.08. The van der Waals surface area contributed by atoms with Gasteiger partial charge < -0.3 is 4.74 Å². The summed E-state index contributed by atoms with van der Waals surface area (Å²) < 4.78 is 6.17. The van der Waals surface area contributed by atoms with Gasteiger partial charge in [0.25, 0.3) is 0 Å². The molecule has 6 nitrogen and oxygen atoms in total. The van der Waals surface area contributed by atoms with Crippen LogP contribution in [-0.4, -0.2) is 35.1 Å². The van der Waals surface area contributed by atoms with Gasteiger partial charge in [0, 0.05) is 11.1 Å². The Balaban J connectivity index is 1.49. The molecule has 6 rings (SSSR count). The van der Waals surface area contributed by atoms with Crippen LogP contribution in [0.15, 0.2) is 78.9 Å². The maximum Gasteiger partial charge on any atom is 0.241 e. The summed E-state index contributed by atoms with van der Waals surface area (Å²) >= 11 is 12.2. The molecule has 0 saturated carbocycles. The summed E-state index contributed by atoms with van der Waals surface area (Å²) in [5, 5.41) is 0.429. The van der Waals surface area contributed by atoms with Gasteiger partial charge in [-0.3, -0.25) is 19.2 Å². The molecule has 3 aromatic rings. The maximum atomic E-state index is 13.8. The number of fused-ring (bicyclic) bond motifs is 3. The van der Waals surface area contributed by atoms with Crippen molar-refractivity contribution in [1.82, 2.24) is 0 Å². The molecule has 3 atom stereocenters. The van der Waals surface area contributed by atoms with E-state index >= 15 is 0 Å². The van der Waals surface area contributed by atoms with Gasteiger partial charge in [-0.15, -0.1) is 0 Å². The number of imide groups is 1. The number of rotatable bonds is 3. The Bertz CT molecular complexity index is 1460. The molecule has 36 heavy (non-hydrogen) atoms. The zero-order valence-corrected chi connectivity index (χ0v) is 20.1. The van der Waals surface area contributed by atoms with Crippen molar-refractivity contribution < 1.29 is 23.9 Å². The van der Waals surface area contributed by atoms with Gasteiger partial charge in [0.05, 0.1) is 33.7 Å². The lowest BCUT2D eigenvalue weighted by Crippen LogP contribution is -2.51. The summed E-state index contributed by atoms with van der Waals surface area (Å²) in [5.74, 6) is -4.86. The third-order valence-electron chi connectivity index (χ3n) is 7.00. The standard InChI is InChI=1S/C28H17Cl2NO5/c29-19-12-11-16(14-20(19)30)31-26(34)22-21(13-10-15-6-2-1-3-7-15)36-28(23(22)27(31)35)24(32)17-8-4-5-9-18(17)25(28)33/h1-14,21-23H/b13-10+/t21-,22+,23-/m1/s1. The maximum absolute atomic E-state index is 13.8. The largest absolute Gasteiger partial charge is 0.350 e. The highest BCUT2D eigenvalue weighted by molar-refractivity contribution is 6.42. The van der Waals surface area contributed by atoms with Crippen molar-refractivity contribution in [3.05, 3.63) is 106 Å². The van der Waals surface area contributed by atoms with Crippen LogP contribution in [0.4, 0.5) is 5.69 Å². The Morgan fingerprint density at radius 2 is 1.42 bits per heavy atom. The Labute approximate surface area is 216 Å². The molecule has 0 bridgehead atoms. The first kappa shape index (κ1) is 22.9. The number of nitrogens with zero attached hydrogens (tertiary/aromatic N) is 1. The number of benzene rings is 3. The molecule has 0 aromatic heterocycles. The normalized spacial score (nSPS) is 24.3. The number of ether oxygens (including phenoxy) is 1. The van der Waals surface area contributed by atoms with E-state index in [-0.39, 0.29) is 26.9 Å². The number of amides is 2. The molecule has 178 valence electrons. The zero-order valence-electron chi connectivity index (χ0n) is 18.6.